The number of thioether (sulfide) groups is 1. The van der Waals surface area contributed by atoms with E-state index in [9.17, 15) is 9.59 Å². The summed E-state index contributed by atoms with van der Waals surface area (Å²) in [6.07, 6.45) is 8.11. The summed E-state index contributed by atoms with van der Waals surface area (Å²) in [6.45, 7) is 2.71. The Balaban J connectivity index is 1.66. The SMILES string of the molecule is Cc1ccc2oc(C(=O)N(CC3CCCS3)C3CCCCC3)cc(=O)c2c1. The molecule has 1 aliphatic carbocycles. The summed E-state index contributed by atoms with van der Waals surface area (Å²) in [6, 6.07) is 7.19. The maximum Gasteiger partial charge on any atom is 0.290 e. The first-order chi connectivity index (χ1) is 13.1. The molecular formula is C22H27NO3S. The summed E-state index contributed by atoms with van der Waals surface area (Å²) in [5, 5.41) is 1.05. The van der Waals surface area contributed by atoms with E-state index >= 15 is 0 Å². The fourth-order valence-electron chi connectivity index (χ4n) is 4.32. The molecule has 2 heterocycles. The molecule has 4 nitrogen and oxygen atoms in total. The van der Waals surface area contributed by atoms with Crippen molar-refractivity contribution < 1.29 is 9.21 Å². The van der Waals surface area contributed by atoms with Crippen LogP contribution >= 0.6 is 11.8 Å². The lowest BCUT2D eigenvalue weighted by Gasteiger charge is -2.35. The second-order valence-electron chi connectivity index (χ2n) is 7.86. The van der Waals surface area contributed by atoms with Crippen LogP contribution in [0.3, 0.4) is 0 Å². The summed E-state index contributed by atoms with van der Waals surface area (Å²) in [7, 11) is 0. The first-order valence-electron chi connectivity index (χ1n) is 10.1. The molecule has 0 radical (unpaired) electrons. The van der Waals surface area contributed by atoms with Gasteiger partial charge in [-0.2, -0.15) is 11.8 Å². The Labute approximate surface area is 164 Å². The molecule has 27 heavy (non-hydrogen) atoms. The largest absolute Gasteiger partial charge is 0.451 e. The molecule has 1 unspecified atom stereocenters. The predicted molar refractivity (Wildman–Crippen MR) is 111 cm³/mol. The van der Waals surface area contributed by atoms with E-state index in [1.807, 2.05) is 35.7 Å². The van der Waals surface area contributed by atoms with E-state index in [2.05, 4.69) is 0 Å². The molecule has 5 heteroatoms. The van der Waals surface area contributed by atoms with Crippen LogP contribution in [-0.4, -0.2) is 34.4 Å². The zero-order valence-electron chi connectivity index (χ0n) is 15.9. The Morgan fingerprint density at radius 1 is 1.15 bits per heavy atom. The van der Waals surface area contributed by atoms with Crippen LogP contribution < -0.4 is 5.43 Å². The highest BCUT2D eigenvalue weighted by Gasteiger charge is 2.31. The van der Waals surface area contributed by atoms with E-state index in [0.29, 0.717) is 16.2 Å². The van der Waals surface area contributed by atoms with Crippen molar-refractivity contribution in [2.75, 3.05) is 12.3 Å². The molecule has 0 spiro atoms. The lowest BCUT2D eigenvalue weighted by molar-refractivity contribution is 0.0602. The highest BCUT2D eigenvalue weighted by molar-refractivity contribution is 8.00. The first kappa shape index (κ1) is 18.6. The third-order valence-electron chi connectivity index (χ3n) is 5.79. The van der Waals surface area contributed by atoms with E-state index in [4.69, 9.17) is 4.42 Å². The Morgan fingerprint density at radius 2 is 1.96 bits per heavy atom. The summed E-state index contributed by atoms with van der Waals surface area (Å²) in [5.74, 6) is 1.25. The molecule has 1 saturated carbocycles. The van der Waals surface area contributed by atoms with Gasteiger partial charge < -0.3 is 9.32 Å². The minimum absolute atomic E-state index is 0.117. The van der Waals surface area contributed by atoms with Gasteiger partial charge in [-0.15, -0.1) is 0 Å². The van der Waals surface area contributed by atoms with Gasteiger partial charge in [0.25, 0.3) is 5.91 Å². The molecule has 0 N–H and O–H groups in total. The summed E-state index contributed by atoms with van der Waals surface area (Å²) in [5.41, 5.74) is 1.37. The molecule has 1 aromatic heterocycles. The van der Waals surface area contributed by atoms with Crippen molar-refractivity contribution in [3.05, 3.63) is 45.8 Å². The number of hydrogen-bond acceptors (Lipinski definition) is 4. The van der Waals surface area contributed by atoms with Crippen LogP contribution in [0.25, 0.3) is 11.0 Å². The lowest BCUT2D eigenvalue weighted by atomic mass is 9.93. The van der Waals surface area contributed by atoms with E-state index in [-0.39, 0.29) is 23.1 Å². The summed E-state index contributed by atoms with van der Waals surface area (Å²) in [4.78, 5) is 28.0. The van der Waals surface area contributed by atoms with E-state index in [1.165, 1.54) is 43.9 Å². The molecular weight excluding hydrogens is 358 g/mol. The van der Waals surface area contributed by atoms with Crippen LogP contribution in [0.4, 0.5) is 0 Å². The number of hydrogen-bond donors (Lipinski definition) is 0. The zero-order chi connectivity index (χ0) is 18.8. The van der Waals surface area contributed by atoms with Crippen LogP contribution in [0, 0.1) is 6.92 Å². The second kappa shape index (κ2) is 8.09. The van der Waals surface area contributed by atoms with Crippen LogP contribution in [0.15, 0.2) is 33.5 Å². The molecule has 1 amide bonds. The number of benzene rings is 1. The third-order valence-corrected chi connectivity index (χ3v) is 7.17. The molecule has 1 aromatic carbocycles. The van der Waals surface area contributed by atoms with Crippen molar-refractivity contribution >= 4 is 28.6 Å². The number of rotatable bonds is 4. The second-order valence-corrected chi connectivity index (χ2v) is 9.27. The molecule has 1 saturated heterocycles. The molecule has 1 atom stereocenters. The smallest absolute Gasteiger partial charge is 0.290 e. The van der Waals surface area contributed by atoms with Crippen molar-refractivity contribution in [1.82, 2.24) is 4.90 Å². The fourth-order valence-corrected chi connectivity index (χ4v) is 5.58. The van der Waals surface area contributed by atoms with Crippen molar-refractivity contribution in [2.45, 2.75) is 63.2 Å². The Kier molecular flexibility index (Phi) is 5.58. The third kappa shape index (κ3) is 4.08. The highest BCUT2D eigenvalue weighted by atomic mass is 32.2. The summed E-state index contributed by atoms with van der Waals surface area (Å²) < 4.78 is 5.90. The van der Waals surface area contributed by atoms with Gasteiger partial charge in [0.1, 0.15) is 5.58 Å². The van der Waals surface area contributed by atoms with Crippen molar-refractivity contribution in [2.24, 2.45) is 0 Å². The van der Waals surface area contributed by atoms with Gasteiger partial charge in [-0.3, -0.25) is 9.59 Å². The zero-order valence-corrected chi connectivity index (χ0v) is 16.7. The highest BCUT2D eigenvalue weighted by Crippen LogP contribution is 2.31. The van der Waals surface area contributed by atoms with Crippen molar-refractivity contribution in [1.29, 1.82) is 0 Å². The van der Waals surface area contributed by atoms with Gasteiger partial charge >= 0.3 is 0 Å². The minimum atomic E-state index is -0.137. The quantitative estimate of drug-likeness (QED) is 0.760. The van der Waals surface area contributed by atoms with Gasteiger partial charge in [0, 0.05) is 23.9 Å². The van der Waals surface area contributed by atoms with Crippen LogP contribution in [0.5, 0.6) is 0 Å². The normalized spacial score (nSPS) is 20.9. The Bertz CT molecular complexity index is 879. The number of carbonyl (C=O) groups is 1. The molecule has 2 aromatic rings. The topological polar surface area (TPSA) is 50.5 Å². The monoisotopic (exact) mass is 385 g/mol. The minimum Gasteiger partial charge on any atom is -0.451 e. The van der Waals surface area contributed by atoms with Gasteiger partial charge in [-0.05, 0) is 50.5 Å². The van der Waals surface area contributed by atoms with E-state index in [0.717, 1.165) is 24.9 Å². The number of carbonyl (C=O) groups excluding carboxylic acids is 1. The number of aryl methyl sites for hydroxylation is 1. The van der Waals surface area contributed by atoms with Gasteiger partial charge in [0.2, 0.25) is 0 Å². The number of amides is 1. The maximum atomic E-state index is 13.4. The molecule has 1 aliphatic heterocycles. The van der Waals surface area contributed by atoms with Gasteiger partial charge in [0.15, 0.2) is 11.2 Å². The fraction of sp³-hybridized carbons (Fsp3) is 0.545. The van der Waals surface area contributed by atoms with Gasteiger partial charge in [-0.25, -0.2) is 0 Å². The van der Waals surface area contributed by atoms with Crippen molar-refractivity contribution in [3.8, 4) is 0 Å². The number of nitrogens with zero attached hydrogens (tertiary/aromatic N) is 1. The molecule has 144 valence electrons. The average Bonchev–Trinajstić information content (AvgIpc) is 3.20. The van der Waals surface area contributed by atoms with E-state index < -0.39 is 0 Å². The standard InChI is InChI=1S/C22H27NO3S/c1-15-9-10-20-18(12-15)19(24)13-21(26-20)22(25)23(14-17-8-5-11-27-17)16-6-3-2-4-7-16/h9-10,12-13,16-17H,2-8,11,14H2,1H3. The van der Waals surface area contributed by atoms with E-state index in [1.54, 1.807) is 6.07 Å². The summed E-state index contributed by atoms with van der Waals surface area (Å²) >= 11 is 1.97. The lowest BCUT2D eigenvalue weighted by Crippen LogP contribution is -2.44. The van der Waals surface area contributed by atoms with Crippen LogP contribution in [0.1, 0.15) is 61.1 Å². The van der Waals surface area contributed by atoms with Crippen molar-refractivity contribution in [3.63, 3.8) is 0 Å². The number of fused-ring (bicyclic) bond motifs is 1. The molecule has 2 aliphatic rings. The first-order valence-corrected chi connectivity index (χ1v) is 11.1. The average molecular weight is 386 g/mol. The van der Waals surface area contributed by atoms with Gasteiger partial charge in [0.05, 0.1) is 5.39 Å². The predicted octanol–water partition coefficient (Wildman–Crippen LogP) is 4.77. The van der Waals surface area contributed by atoms with Crippen LogP contribution in [-0.2, 0) is 0 Å². The molecule has 2 fully saturated rings. The van der Waals surface area contributed by atoms with Gasteiger partial charge in [-0.1, -0.05) is 30.9 Å². The molecule has 0 bridgehead atoms. The maximum absolute atomic E-state index is 13.4. The van der Waals surface area contributed by atoms with Crippen LogP contribution in [0.2, 0.25) is 0 Å². The molecule has 4 rings (SSSR count). The Morgan fingerprint density at radius 3 is 2.70 bits per heavy atom. The Hall–Kier alpha value is -1.75.